The summed E-state index contributed by atoms with van der Waals surface area (Å²) in [4.78, 5) is 8.68. The van der Waals surface area contributed by atoms with E-state index in [0.717, 1.165) is 36.2 Å². The van der Waals surface area contributed by atoms with Crippen molar-refractivity contribution in [2.75, 3.05) is 12.4 Å². The van der Waals surface area contributed by atoms with Crippen LogP contribution in [0.4, 0.5) is 20.4 Å². The van der Waals surface area contributed by atoms with Crippen LogP contribution in [-0.2, 0) is 4.74 Å². The van der Waals surface area contributed by atoms with Crippen LogP contribution in [0, 0.1) is 17.6 Å². The molecule has 0 amide bonds. The number of hydrogen-bond acceptors (Lipinski definition) is 7. The Kier molecular flexibility index (Phi) is 6.08. The summed E-state index contributed by atoms with van der Waals surface area (Å²) < 4.78 is 35.9. The highest BCUT2D eigenvalue weighted by atomic mass is 19.1. The molecule has 10 heteroatoms. The molecule has 0 aliphatic heterocycles. The van der Waals surface area contributed by atoms with E-state index in [2.05, 4.69) is 27.3 Å². The Morgan fingerprint density at radius 2 is 1.91 bits per heavy atom. The van der Waals surface area contributed by atoms with Gasteiger partial charge in [0.15, 0.2) is 0 Å². The van der Waals surface area contributed by atoms with Crippen LogP contribution in [0.1, 0.15) is 31.2 Å². The van der Waals surface area contributed by atoms with E-state index < -0.39 is 17.4 Å². The Labute approximate surface area is 200 Å². The molecule has 182 valence electrons. The standard InChI is InChI=1S/C25H26F2N6O2/c1-13-7-14(8-20(28)24(13)35-2)17-5-6-29-12-22(17)31-25-30-11-15-3-4-21(32-33(15)25)23-18(26)9-16(34)10-19(23)27/h3-6,9-14,20,24,34H,7-8,28H2,1-2H3,(H,30,31)/t13-,14+,20+,24+/m0/s1. The van der Waals surface area contributed by atoms with Crippen molar-refractivity contribution in [3.05, 3.63) is 66.1 Å². The number of rotatable bonds is 5. The van der Waals surface area contributed by atoms with Crippen LogP contribution < -0.4 is 11.1 Å². The molecule has 0 spiro atoms. The van der Waals surface area contributed by atoms with E-state index in [1.807, 2.05) is 6.07 Å². The van der Waals surface area contributed by atoms with Crippen LogP contribution in [0.25, 0.3) is 16.8 Å². The van der Waals surface area contributed by atoms with E-state index in [9.17, 15) is 13.9 Å². The van der Waals surface area contributed by atoms with Crippen molar-refractivity contribution in [1.82, 2.24) is 19.6 Å². The largest absolute Gasteiger partial charge is 0.508 e. The number of methoxy groups -OCH3 is 1. The third-order valence-electron chi connectivity index (χ3n) is 6.68. The van der Waals surface area contributed by atoms with Crippen LogP contribution in [-0.4, -0.2) is 43.9 Å². The van der Waals surface area contributed by atoms with E-state index in [4.69, 9.17) is 10.5 Å². The summed E-state index contributed by atoms with van der Waals surface area (Å²) in [5.41, 5.74) is 8.60. The first kappa shape index (κ1) is 23.1. The highest BCUT2D eigenvalue weighted by molar-refractivity contribution is 5.66. The molecule has 1 aromatic carbocycles. The lowest BCUT2D eigenvalue weighted by molar-refractivity contribution is 0.00984. The predicted octanol–water partition coefficient (Wildman–Crippen LogP) is 4.37. The molecular formula is C25H26F2N6O2. The van der Waals surface area contributed by atoms with Crippen molar-refractivity contribution in [2.45, 2.75) is 37.8 Å². The Balaban J connectivity index is 1.49. The number of nitrogens with zero attached hydrogens (tertiary/aromatic N) is 4. The first-order chi connectivity index (χ1) is 16.9. The smallest absolute Gasteiger partial charge is 0.229 e. The van der Waals surface area contributed by atoms with Crippen molar-refractivity contribution in [1.29, 1.82) is 0 Å². The summed E-state index contributed by atoms with van der Waals surface area (Å²) in [6.45, 7) is 2.14. The molecule has 3 aromatic heterocycles. The lowest BCUT2D eigenvalue weighted by Crippen LogP contribution is -2.45. The molecule has 5 rings (SSSR count). The van der Waals surface area contributed by atoms with Gasteiger partial charge in [-0.25, -0.2) is 13.8 Å². The van der Waals surface area contributed by atoms with Crippen LogP contribution in [0.3, 0.4) is 0 Å². The molecule has 1 aliphatic rings. The molecule has 0 bridgehead atoms. The number of imidazole rings is 1. The zero-order valence-corrected chi connectivity index (χ0v) is 19.3. The van der Waals surface area contributed by atoms with Crippen molar-refractivity contribution < 1.29 is 18.6 Å². The monoisotopic (exact) mass is 480 g/mol. The molecule has 0 unspecified atom stereocenters. The van der Waals surface area contributed by atoms with Gasteiger partial charge in [-0.3, -0.25) is 4.98 Å². The minimum atomic E-state index is -0.907. The van der Waals surface area contributed by atoms with Crippen LogP contribution in [0.15, 0.2) is 48.9 Å². The number of hydrogen-bond donors (Lipinski definition) is 3. The van der Waals surface area contributed by atoms with Gasteiger partial charge in [-0.15, -0.1) is 0 Å². The summed E-state index contributed by atoms with van der Waals surface area (Å²) in [7, 11) is 1.70. The second-order valence-corrected chi connectivity index (χ2v) is 9.02. The Morgan fingerprint density at radius 1 is 1.14 bits per heavy atom. The minimum absolute atomic E-state index is 0.0176. The van der Waals surface area contributed by atoms with Crippen molar-refractivity contribution in [2.24, 2.45) is 11.7 Å². The summed E-state index contributed by atoms with van der Waals surface area (Å²) in [5.74, 6) is -1.44. The van der Waals surface area contributed by atoms with Gasteiger partial charge < -0.3 is 20.9 Å². The molecule has 0 saturated heterocycles. The maximum Gasteiger partial charge on any atom is 0.229 e. The fraction of sp³-hybridized carbons (Fsp3) is 0.320. The molecule has 3 heterocycles. The third kappa shape index (κ3) is 4.30. The Bertz CT molecular complexity index is 1340. The minimum Gasteiger partial charge on any atom is -0.508 e. The van der Waals surface area contributed by atoms with Gasteiger partial charge in [0.25, 0.3) is 0 Å². The number of nitrogens with one attached hydrogen (secondary N) is 1. The van der Waals surface area contributed by atoms with E-state index in [1.54, 1.807) is 31.8 Å². The lowest BCUT2D eigenvalue weighted by atomic mass is 9.74. The van der Waals surface area contributed by atoms with Gasteiger partial charge in [0.1, 0.15) is 17.4 Å². The molecule has 1 saturated carbocycles. The second kappa shape index (κ2) is 9.20. The fourth-order valence-corrected chi connectivity index (χ4v) is 5.12. The fourth-order valence-electron chi connectivity index (χ4n) is 5.12. The van der Waals surface area contributed by atoms with E-state index in [1.165, 1.54) is 10.6 Å². The van der Waals surface area contributed by atoms with Crippen molar-refractivity contribution >= 4 is 17.2 Å². The molecule has 0 radical (unpaired) electrons. The van der Waals surface area contributed by atoms with Gasteiger partial charge in [0.2, 0.25) is 5.95 Å². The first-order valence-corrected chi connectivity index (χ1v) is 11.4. The normalized spacial score (nSPS) is 22.4. The molecule has 4 atom stereocenters. The molecular weight excluding hydrogens is 454 g/mol. The summed E-state index contributed by atoms with van der Waals surface area (Å²) in [6.07, 6.45) is 6.78. The number of benzene rings is 1. The molecule has 4 N–H and O–H groups in total. The zero-order chi connectivity index (χ0) is 24.7. The Morgan fingerprint density at radius 3 is 2.63 bits per heavy atom. The number of ether oxygens (including phenoxy) is 1. The Hall–Kier alpha value is -3.63. The molecule has 35 heavy (non-hydrogen) atoms. The number of anilines is 2. The maximum absolute atomic E-state index is 14.4. The SMILES string of the molecule is CO[C@H]1[C@H](N)C[C@H](c2ccncc2Nc2ncc3ccc(-c4c(F)cc(O)cc4F)nn23)C[C@@H]1C. The van der Waals surface area contributed by atoms with Gasteiger partial charge in [-0.1, -0.05) is 6.92 Å². The van der Waals surface area contributed by atoms with E-state index >= 15 is 0 Å². The second-order valence-electron chi connectivity index (χ2n) is 9.02. The molecule has 4 aromatic rings. The number of phenols is 1. The molecule has 1 aliphatic carbocycles. The number of aromatic nitrogens is 4. The van der Waals surface area contributed by atoms with Gasteiger partial charge in [0.05, 0.1) is 41.0 Å². The zero-order valence-electron chi connectivity index (χ0n) is 19.3. The average molecular weight is 481 g/mol. The van der Waals surface area contributed by atoms with Crippen LogP contribution in [0.5, 0.6) is 5.75 Å². The van der Waals surface area contributed by atoms with E-state index in [0.29, 0.717) is 17.4 Å². The lowest BCUT2D eigenvalue weighted by Gasteiger charge is -2.38. The van der Waals surface area contributed by atoms with Crippen LogP contribution in [0.2, 0.25) is 0 Å². The topological polar surface area (TPSA) is 111 Å². The van der Waals surface area contributed by atoms with Crippen molar-refractivity contribution in [3.63, 3.8) is 0 Å². The van der Waals surface area contributed by atoms with Crippen molar-refractivity contribution in [3.8, 4) is 17.0 Å². The summed E-state index contributed by atoms with van der Waals surface area (Å²) >= 11 is 0. The number of pyridine rings is 1. The van der Waals surface area contributed by atoms with Gasteiger partial charge in [0, 0.05) is 31.5 Å². The number of halogens is 2. The maximum atomic E-state index is 14.4. The van der Waals surface area contributed by atoms with Gasteiger partial charge >= 0.3 is 0 Å². The number of fused-ring (bicyclic) bond motifs is 1. The number of aromatic hydroxyl groups is 1. The summed E-state index contributed by atoms with van der Waals surface area (Å²) in [5, 5.41) is 17.2. The third-order valence-corrected chi connectivity index (χ3v) is 6.68. The van der Waals surface area contributed by atoms with Gasteiger partial charge in [-0.2, -0.15) is 9.61 Å². The quantitative estimate of drug-likeness (QED) is 0.389. The molecule has 1 fully saturated rings. The predicted molar refractivity (Wildman–Crippen MR) is 127 cm³/mol. The highest BCUT2D eigenvalue weighted by Crippen LogP contribution is 2.40. The number of nitrogens with two attached hydrogens (primary N) is 1. The average Bonchev–Trinajstić information content (AvgIpc) is 3.20. The first-order valence-electron chi connectivity index (χ1n) is 11.4. The summed E-state index contributed by atoms with van der Waals surface area (Å²) in [6, 6.07) is 6.76. The number of phenolic OH excluding ortho intramolecular Hbond substituents is 1. The van der Waals surface area contributed by atoms with E-state index in [-0.39, 0.29) is 29.3 Å². The van der Waals surface area contributed by atoms with Crippen LogP contribution >= 0.6 is 0 Å². The molecule has 8 nitrogen and oxygen atoms in total. The van der Waals surface area contributed by atoms with Gasteiger partial charge in [-0.05, 0) is 48.4 Å². The highest BCUT2D eigenvalue weighted by Gasteiger charge is 2.35.